The Kier molecular flexibility index (Phi) is 13.0. The molecular formula is C18H32IN3O2. The third kappa shape index (κ3) is 9.44. The quantitative estimate of drug-likeness (QED) is 0.223. The molecule has 0 radical (unpaired) electrons. The molecule has 0 saturated heterocycles. The average Bonchev–Trinajstić information content (AvgIpc) is 2.56. The lowest BCUT2D eigenvalue weighted by molar-refractivity contribution is 0.0672. The molecule has 1 aromatic carbocycles. The SMILES string of the molecule is CCNC(=NCC(C)(O)c1ccccc1)NCCCCOCC.I. The highest BCUT2D eigenvalue weighted by atomic mass is 127. The van der Waals surface area contributed by atoms with Gasteiger partial charge in [0, 0.05) is 26.3 Å². The molecule has 0 aliphatic rings. The fourth-order valence-electron chi connectivity index (χ4n) is 2.14. The molecule has 0 saturated carbocycles. The summed E-state index contributed by atoms with van der Waals surface area (Å²) < 4.78 is 5.32. The van der Waals surface area contributed by atoms with Crippen molar-refractivity contribution in [3.63, 3.8) is 0 Å². The van der Waals surface area contributed by atoms with Crippen molar-refractivity contribution in [1.29, 1.82) is 0 Å². The number of aliphatic imine (C=N–C) groups is 1. The molecule has 1 atom stereocenters. The molecule has 1 aromatic rings. The van der Waals surface area contributed by atoms with E-state index in [4.69, 9.17) is 4.74 Å². The molecule has 6 heteroatoms. The molecule has 0 heterocycles. The van der Waals surface area contributed by atoms with Gasteiger partial charge in [-0.1, -0.05) is 30.3 Å². The molecule has 0 aliphatic heterocycles. The molecule has 0 aromatic heterocycles. The number of nitrogens with one attached hydrogen (secondary N) is 2. The number of nitrogens with zero attached hydrogens (tertiary/aromatic N) is 1. The van der Waals surface area contributed by atoms with E-state index >= 15 is 0 Å². The third-order valence-corrected chi connectivity index (χ3v) is 3.50. The maximum absolute atomic E-state index is 10.6. The van der Waals surface area contributed by atoms with Crippen molar-refractivity contribution >= 4 is 29.9 Å². The summed E-state index contributed by atoms with van der Waals surface area (Å²) >= 11 is 0. The van der Waals surface area contributed by atoms with E-state index in [9.17, 15) is 5.11 Å². The first-order valence-electron chi connectivity index (χ1n) is 8.48. The van der Waals surface area contributed by atoms with Crippen LogP contribution in [0.25, 0.3) is 0 Å². The Morgan fingerprint density at radius 3 is 2.50 bits per heavy atom. The minimum Gasteiger partial charge on any atom is -0.384 e. The smallest absolute Gasteiger partial charge is 0.191 e. The number of benzene rings is 1. The second-order valence-electron chi connectivity index (χ2n) is 5.67. The van der Waals surface area contributed by atoms with Crippen molar-refractivity contribution in [2.75, 3.05) is 32.8 Å². The van der Waals surface area contributed by atoms with Crippen molar-refractivity contribution in [2.24, 2.45) is 4.99 Å². The maximum atomic E-state index is 10.6. The molecule has 0 fully saturated rings. The zero-order valence-electron chi connectivity index (χ0n) is 15.0. The van der Waals surface area contributed by atoms with Gasteiger partial charge in [-0.15, -0.1) is 24.0 Å². The van der Waals surface area contributed by atoms with E-state index in [-0.39, 0.29) is 24.0 Å². The van der Waals surface area contributed by atoms with Gasteiger partial charge >= 0.3 is 0 Å². The fraction of sp³-hybridized carbons (Fsp3) is 0.611. The highest BCUT2D eigenvalue weighted by Gasteiger charge is 2.22. The summed E-state index contributed by atoms with van der Waals surface area (Å²) in [6, 6.07) is 9.63. The average molecular weight is 449 g/mol. The van der Waals surface area contributed by atoms with Gasteiger partial charge in [0.2, 0.25) is 0 Å². The summed E-state index contributed by atoms with van der Waals surface area (Å²) in [6.45, 7) is 9.34. The van der Waals surface area contributed by atoms with E-state index in [1.165, 1.54) is 0 Å². The van der Waals surface area contributed by atoms with Crippen molar-refractivity contribution in [2.45, 2.75) is 39.2 Å². The van der Waals surface area contributed by atoms with Gasteiger partial charge in [0.25, 0.3) is 0 Å². The van der Waals surface area contributed by atoms with Crippen molar-refractivity contribution in [3.05, 3.63) is 35.9 Å². The molecule has 5 nitrogen and oxygen atoms in total. The molecule has 1 rings (SSSR count). The monoisotopic (exact) mass is 449 g/mol. The lowest BCUT2D eigenvalue weighted by Crippen LogP contribution is -2.39. The first kappa shape index (κ1) is 23.1. The van der Waals surface area contributed by atoms with Crippen LogP contribution in [0.4, 0.5) is 0 Å². The molecule has 0 spiro atoms. The molecule has 0 amide bonds. The molecule has 3 N–H and O–H groups in total. The van der Waals surface area contributed by atoms with Gasteiger partial charge in [-0.05, 0) is 39.2 Å². The number of unbranched alkanes of at least 4 members (excludes halogenated alkanes) is 1. The summed E-state index contributed by atoms with van der Waals surface area (Å²) in [6.07, 6.45) is 2.06. The summed E-state index contributed by atoms with van der Waals surface area (Å²) in [5, 5.41) is 17.1. The van der Waals surface area contributed by atoms with E-state index in [1.807, 2.05) is 44.2 Å². The van der Waals surface area contributed by atoms with Gasteiger partial charge in [0.05, 0.1) is 6.54 Å². The van der Waals surface area contributed by atoms with Crippen molar-refractivity contribution in [1.82, 2.24) is 10.6 Å². The first-order valence-corrected chi connectivity index (χ1v) is 8.48. The van der Waals surface area contributed by atoms with Gasteiger partial charge in [-0.3, -0.25) is 0 Å². The third-order valence-electron chi connectivity index (χ3n) is 3.50. The lowest BCUT2D eigenvalue weighted by Gasteiger charge is -2.22. The Bertz CT molecular complexity index is 453. The Labute approximate surface area is 163 Å². The predicted octanol–water partition coefficient (Wildman–Crippen LogP) is 2.88. The van der Waals surface area contributed by atoms with E-state index < -0.39 is 5.60 Å². The normalized spacial score (nSPS) is 13.8. The van der Waals surface area contributed by atoms with Crippen LogP contribution in [0.5, 0.6) is 0 Å². The number of rotatable bonds is 10. The van der Waals surface area contributed by atoms with Crippen LogP contribution in [0.1, 0.15) is 39.2 Å². The maximum Gasteiger partial charge on any atom is 0.191 e. The van der Waals surface area contributed by atoms with E-state index in [1.54, 1.807) is 6.92 Å². The number of hydrogen-bond acceptors (Lipinski definition) is 3. The predicted molar refractivity (Wildman–Crippen MR) is 111 cm³/mol. The second kappa shape index (κ2) is 13.4. The van der Waals surface area contributed by atoms with Gasteiger partial charge in [0.1, 0.15) is 5.60 Å². The van der Waals surface area contributed by atoms with E-state index in [0.717, 1.165) is 50.7 Å². The summed E-state index contributed by atoms with van der Waals surface area (Å²) in [4.78, 5) is 4.51. The van der Waals surface area contributed by atoms with Crippen LogP contribution in [0.15, 0.2) is 35.3 Å². The number of aliphatic hydroxyl groups is 1. The minimum atomic E-state index is -0.974. The molecular weight excluding hydrogens is 417 g/mol. The lowest BCUT2D eigenvalue weighted by atomic mass is 9.96. The van der Waals surface area contributed by atoms with Gasteiger partial charge < -0.3 is 20.5 Å². The number of hydrogen-bond donors (Lipinski definition) is 3. The minimum absolute atomic E-state index is 0. The van der Waals surface area contributed by atoms with Crippen LogP contribution < -0.4 is 10.6 Å². The molecule has 138 valence electrons. The largest absolute Gasteiger partial charge is 0.384 e. The topological polar surface area (TPSA) is 65.9 Å². The van der Waals surface area contributed by atoms with Crippen LogP contribution in [0.3, 0.4) is 0 Å². The number of ether oxygens (including phenoxy) is 1. The summed E-state index contributed by atoms with van der Waals surface area (Å²) in [7, 11) is 0. The standard InChI is InChI=1S/C18H31N3O2.HI/c1-4-19-17(20-13-9-10-14-23-5-2)21-15-18(3,22)16-11-7-6-8-12-16;/h6-8,11-12,22H,4-5,9-10,13-15H2,1-3H3,(H2,19,20,21);1H. The Balaban J connectivity index is 0.00000529. The van der Waals surface area contributed by atoms with Crippen LogP contribution >= 0.6 is 24.0 Å². The molecule has 0 bridgehead atoms. The fourth-order valence-corrected chi connectivity index (χ4v) is 2.14. The highest BCUT2D eigenvalue weighted by Crippen LogP contribution is 2.20. The summed E-state index contributed by atoms with van der Waals surface area (Å²) in [5.41, 5.74) is -0.102. The second-order valence-corrected chi connectivity index (χ2v) is 5.67. The van der Waals surface area contributed by atoms with Crippen LogP contribution in [0, 0.1) is 0 Å². The zero-order chi connectivity index (χ0) is 17.0. The summed E-state index contributed by atoms with van der Waals surface area (Å²) in [5.74, 6) is 0.736. The Morgan fingerprint density at radius 1 is 1.17 bits per heavy atom. The van der Waals surface area contributed by atoms with E-state index in [0.29, 0.717) is 6.54 Å². The van der Waals surface area contributed by atoms with Gasteiger partial charge in [0.15, 0.2) is 5.96 Å². The van der Waals surface area contributed by atoms with Gasteiger partial charge in [-0.25, -0.2) is 4.99 Å². The Hall–Kier alpha value is -0.860. The van der Waals surface area contributed by atoms with Gasteiger partial charge in [-0.2, -0.15) is 0 Å². The highest BCUT2D eigenvalue weighted by molar-refractivity contribution is 14.0. The molecule has 0 aliphatic carbocycles. The molecule has 24 heavy (non-hydrogen) atoms. The van der Waals surface area contributed by atoms with Crippen LogP contribution in [-0.4, -0.2) is 43.9 Å². The number of halogens is 1. The van der Waals surface area contributed by atoms with Crippen molar-refractivity contribution < 1.29 is 9.84 Å². The van der Waals surface area contributed by atoms with E-state index in [2.05, 4.69) is 15.6 Å². The Morgan fingerprint density at radius 2 is 1.88 bits per heavy atom. The molecule has 1 unspecified atom stereocenters. The van der Waals surface area contributed by atoms with Crippen LogP contribution in [0.2, 0.25) is 0 Å². The number of guanidine groups is 1. The zero-order valence-corrected chi connectivity index (χ0v) is 17.4. The van der Waals surface area contributed by atoms with Crippen LogP contribution in [-0.2, 0) is 10.3 Å². The van der Waals surface area contributed by atoms with Crippen molar-refractivity contribution in [3.8, 4) is 0 Å². The first-order chi connectivity index (χ1) is 11.1.